The Hall–Kier alpha value is -2.29. The molecule has 0 bridgehead atoms. The van der Waals surface area contributed by atoms with E-state index in [0.29, 0.717) is 42.6 Å². The van der Waals surface area contributed by atoms with Crippen LogP contribution in [0.25, 0.3) is 0 Å². The van der Waals surface area contributed by atoms with Gasteiger partial charge in [0.2, 0.25) is 0 Å². The third-order valence-electron chi connectivity index (χ3n) is 4.10. The van der Waals surface area contributed by atoms with E-state index in [2.05, 4.69) is 4.72 Å². The molecule has 27 heavy (non-hydrogen) atoms. The normalized spacial score (nSPS) is 14.7. The zero-order chi connectivity index (χ0) is 19.4. The fraction of sp³-hybridized carbons (Fsp3) is 0.278. The molecule has 0 aliphatic carbocycles. The van der Waals surface area contributed by atoms with Gasteiger partial charge in [0.05, 0.1) is 30.9 Å². The number of hydrogen-bond acceptors (Lipinski definition) is 5. The lowest BCUT2D eigenvalue weighted by Crippen LogP contribution is -2.40. The van der Waals surface area contributed by atoms with Crippen LogP contribution in [-0.2, 0) is 14.8 Å². The summed E-state index contributed by atoms with van der Waals surface area (Å²) >= 11 is 5.95. The number of nitrogens with one attached hydrogen (secondary N) is 1. The largest absolute Gasteiger partial charge is 0.495 e. The maximum Gasteiger partial charge on any atom is 0.262 e. The number of morpholine rings is 1. The van der Waals surface area contributed by atoms with Crippen molar-refractivity contribution in [1.29, 1.82) is 0 Å². The molecule has 0 aromatic heterocycles. The van der Waals surface area contributed by atoms with Gasteiger partial charge in [0.1, 0.15) is 5.75 Å². The molecule has 1 aliphatic heterocycles. The molecule has 2 aromatic rings. The molecule has 3 rings (SSSR count). The average Bonchev–Trinajstić information content (AvgIpc) is 2.68. The second kappa shape index (κ2) is 8.16. The van der Waals surface area contributed by atoms with E-state index in [0.717, 1.165) is 0 Å². The van der Waals surface area contributed by atoms with Crippen molar-refractivity contribution in [2.45, 2.75) is 4.90 Å². The third-order valence-corrected chi connectivity index (χ3v) is 5.69. The number of sulfonamides is 1. The topological polar surface area (TPSA) is 84.9 Å². The first-order valence-corrected chi connectivity index (χ1v) is 10.1. The molecule has 7 nitrogen and oxygen atoms in total. The van der Waals surface area contributed by atoms with Crippen LogP contribution < -0.4 is 9.46 Å². The van der Waals surface area contributed by atoms with Gasteiger partial charge in [-0.15, -0.1) is 0 Å². The number of nitrogens with zero attached hydrogens (tertiary/aromatic N) is 1. The Bertz CT molecular complexity index is 943. The van der Waals surface area contributed by atoms with Crippen molar-refractivity contribution in [2.75, 3.05) is 38.1 Å². The smallest absolute Gasteiger partial charge is 0.262 e. The van der Waals surface area contributed by atoms with Crippen LogP contribution in [0.15, 0.2) is 47.4 Å². The molecule has 0 saturated carbocycles. The van der Waals surface area contributed by atoms with Gasteiger partial charge in [0.15, 0.2) is 0 Å². The summed E-state index contributed by atoms with van der Waals surface area (Å²) in [6, 6.07) is 10.5. The molecular weight excluding hydrogens is 392 g/mol. The zero-order valence-electron chi connectivity index (χ0n) is 14.6. The van der Waals surface area contributed by atoms with Gasteiger partial charge in [0, 0.05) is 23.7 Å². The molecule has 1 fully saturated rings. The van der Waals surface area contributed by atoms with E-state index < -0.39 is 10.0 Å². The lowest BCUT2D eigenvalue weighted by molar-refractivity contribution is 0.0302. The molecule has 1 aliphatic rings. The van der Waals surface area contributed by atoms with Crippen LogP contribution in [0, 0.1) is 0 Å². The standard InChI is InChI=1S/C18H19ClN2O5S/c1-25-17-6-5-14(19)12-16(17)20-27(23,24)15-4-2-3-13(11-15)18(22)21-7-9-26-10-8-21/h2-6,11-12,20H,7-10H2,1H3. The Labute approximate surface area is 162 Å². The number of amides is 1. The van der Waals surface area contributed by atoms with Crippen LogP contribution in [-0.4, -0.2) is 52.6 Å². The minimum absolute atomic E-state index is 0.0244. The number of benzene rings is 2. The van der Waals surface area contributed by atoms with Crippen molar-refractivity contribution in [3.8, 4) is 5.75 Å². The Balaban J connectivity index is 1.87. The molecule has 0 unspecified atom stereocenters. The molecule has 9 heteroatoms. The van der Waals surface area contributed by atoms with Crippen molar-refractivity contribution in [3.63, 3.8) is 0 Å². The average molecular weight is 411 g/mol. The summed E-state index contributed by atoms with van der Waals surface area (Å²) in [6.07, 6.45) is 0. The highest BCUT2D eigenvalue weighted by atomic mass is 35.5. The van der Waals surface area contributed by atoms with E-state index >= 15 is 0 Å². The number of methoxy groups -OCH3 is 1. The summed E-state index contributed by atoms with van der Waals surface area (Å²) in [4.78, 5) is 14.2. The quantitative estimate of drug-likeness (QED) is 0.819. The number of ether oxygens (including phenoxy) is 2. The second-order valence-corrected chi connectivity index (χ2v) is 8.00. The van der Waals surface area contributed by atoms with E-state index in [1.165, 1.54) is 31.4 Å². The van der Waals surface area contributed by atoms with E-state index in [1.54, 1.807) is 23.1 Å². The van der Waals surface area contributed by atoms with E-state index in [1.807, 2.05) is 0 Å². The van der Waals surface area contributed by atoms with Gasteiger partial charge < -0.3 is 14.4 Å². The predicted molar refractivity (Wildman–Crippen MR) is 102 cm³/mol. The molecule has 0 radical (unpaired) electrons. The van der Waals surface area contributed by atoms with Crippen LogP contribution >= 0.6 is 11.6 Å². The maximum absolute atomic E-state index is 12.8. The number of carbonyl (C=O) groups excluding carboxylic acids is 1. The molecule has 1 N–H and O–H groups in total. The highest BCUT2D eigenvalue weighted by Gasteiger charge is 2.22. The summed E-state index contributed by atoms with van der Waals surface area (Å²) < 4.78 is 38.4. The minimum Gasteiger partial charge on any atom is -0.495 e. The molecule has 0 spiro atoms. The first-order valence-electron chi connectivity index (χ1n) is 8.24. The van der Waals surface area contributed by atoms with Gasteiger partial charge in [-0.05, 0) is 36.4 Å². The number of hydrogen-bond donors (Lipinski definition) is 1. The van der Waals surface area contributed by atoms with E-state index in [9.17, 15) is 13.2 Å². The van der Waals surface area contributed by atoms with Crippen LogP contribution in [0.5, 0.6) is 5.75 Å². The molecule has 0 atom stereocenters. The zero-order valence-corrected chi connectivity index (χ0v) is 16.2. The summed E-state index contributed by atoms with van der Waals surface area (Å²) in [5.74, 6) is 0.110. The highest BCUT2D eigenvalue weighted by Crippen LogP contribution is 2.30. The Morgan fingerprint density at radius 1 is 1.19 bits per heavy atom. The second-order valence-electron chi connectivity index (χ2n) is 5.88. The fourth-order valence-corrected chi connectivity index (χ4v) is 3.99. The number of halogens is 1. The van der Waals surface area contributed by atoms with Crippen LogP contribution in [0.3, 0.4) is 0 Å². The molecular formula is C18H19ClN2O5S. The fourth-order valence-electron chi connectivity index (χ4n) is 2.71. The first-order chi connectivity index (χ1) is 12.9. The lowest BCUT2D eigenvalue weighted by atomic mass is 10.2. The van der Waals surface area contributed by atoms with Gasteiger partial charge in [0.25, 0.3) is 15.9 Å². The summed E-state index contributed by atoms with van der Waals surface area (Å²) in [6.45, 7) is 1.90. The van der Waals surface area contributed by atoms with Crippen LogP contribution in [0.2, 0.25) is 5.02 Å². The molecule has 144 valence electrons. The monoisotopic (exact) mass is 410 g/mol. The van der Waals surface area contributed by atoms with E-state index in [-0.39, 0.29) is 16.5 Å². The summed E-state index contributed by atoms with van der Waals surface area (Å²) in [5.41, 5.74) is 0.521. The Morgan fingerprint density at radius 3 is 2.63 bits per heavy atom. The molecule has 1 amide bonds. The maximum atomic E-state index is 12.8. The van der Waals surface area contributed by atoms with Gasteiger partial charge >= 0.3 is 0 Å². The van der Waals surface area contributed by atoms with Gasteiger partial charge in [-0.3, -0.25) is 9.52 Å². The lowest BCUT2D eigenvalue weighted by Gasteiger charge is -2.27. The molecule has 1 heterocycles. The number of rotatable bonds is 5. The van der Waals surface area contributed by atoms with E-state index in [4.69, 9.17) is 21.1 Å². The van der Waals surface area contributed by atoms with Crippen molar-refractivity contribution in [1.82, 2.24) is 4.90 Å². The number of anilines is 1. The Morgan fingerprint density at radius 2 is 1.93 bits per heavy atom. The van der Waals surface area contributed by atoms with Crippen molar-refractivity contribution in [3.05, 3.63) is 53.1 Å². The third kappa shape index (κ3) is 4.52. The van der Waals surface area contributed by atoms with Crippen molar-refractivity contribution in [2.24, 2.45) is 0 Å². The summed E-state index contributed by atoms with van der Waals surface area (Å²) in [5, 5.41) is 0.366. The van der Waals surface area contributed by atoms with Crippen LogP contribution in [0.1, 0.15) is 10.4 Å². The van der Waals surface area contributed by atoms with Crippen molar-refractivity contribution < 1.29 is 22.7 Å². The summed E-state index contributed by atoms with van der Waals surface area (Å²) in [7, 11) is -2.50. The SMILES string of the molecule is COc1ccc(Cl)cc1NS(=O)(=O)c1cccc(C(=O)N2CCOCC2)c1. The number of carbonyl (C=O) groups is 1. The van der Waals surface area contributed by atoms with Gasteiger partial charge in [-0.25, -0.2) is 8.42 Å². The minimum atomic E-state index is -3.93. The van der Waals surface area contributed by atoms with Gasteiger partial charge in [-0.2, -0.15) is 0 Å². The predicted octanol–water partition coefficient (Wildman–Crippen LogP) is 2.62. The Kier molecular flexibility index (Phi) is 5.88. The first kappa shape index (κ1) is 19.5. The molecule has 2 aromatic carbocycles. The van der Waals surface area contributed by atoms with Gasteiger partial charge in [-0.1, -0.05) is 17.7 Å². The van der Waals surface area contributed by atoms with Crippen LogP contribution in [0.4, 0.5) is 5.69 Å². The molecule has 1 saturated heterocycles. The highest BCUT2D eigenvalue weighted by molar-refractivity contribution is 7.92. The van der Waals surface area contributed by atoms with Crippen molar-refractivity contribution >= 4 is 33.2 Å².